The molecule has 0 aliphatic carbocycles. The van der Waals surface area contributed by atoms with Crippen molar-refractivity contribution in [2.24, 2.45) is 5.10 Å². The van der Waals surface area contributed by atoms with Gasteiger partial charge in [-0.25, -0.2) is 10.4 Å². The summed E-state index contributed by atoms with van der Waals surface area (Å²) in [6.07, 6.45) is 5.15. The van der Waals surface area contributed by atoms with Gasteiger partial charge in [0.15, 0.2) is 5.13 Å². The molecule has 4 rings (SSSR count). The number of nitrogens with one attached hydrogen (secondary N) is 1. The van der Waals surface area contributed by atoms with E-state index in [1.165, 1.54) is 16.9 Å². The molecule has 0 bridgehead atoms. The fourth-order valence-electron chi connectivity index (χ4n) is 2.79. The van der Waals surface area contributed by atoms with Gasteiger partial charge in [0.25, 0.3) is 5.91 Å². The van der Waals surface area contributed by atoms with Crippen LogP contribution in [-0.4, -0.2) is 53.2 Å². The van der Waals surface area contributed by atoms with E-state index in [1.54, 1.807) is 17.8 Å². The first-order valence-electron chi connectivity index (χ1n) is 8.96. The maximum atomic E-state index is 12.2. The molecule has 1 aromatic carbocycles. The molecule has 3 heterocycles. The predicted molar refractivity (Wildman–Crippen MR) is 108 cm³/mol. The summed E-state index contributed by atoms with van der Waals surface area (Å²) in [5.74, 6) is -0.330. The highest BCUT2D eigenvalue weighted by Gasteiger charge is 2.17. The van der Waals surface area contributed by atoms with E-state index in [9.17, 15) is 4.79 Å². The second-order valence-corrected chi connectivity index (χ2v) is 7.11. The van der Waals surface area contributed by atoms with Crippen LogP contribution in [0.15, 0.2) is 53.2 Å². The molecule has 1 N–H and O–H groups in total. The maximum Gasteiger partial charge on any atom is 0.290 e. The van der Waals surface area contributed by atoms with Crippen LogP contribution in [0.25, 0.3) is 0 Å². The molecule has 1 fully saturated rings. The molecule has 1 aliphatic heterocycles. The van der Waals surface area contributed by atoms with Crippen molar-refractivity contribution in [3.8, 4) is 0 Å². The number of morpholine rings is 1. The molecule has 0 radical (unpaired) electrons. The van der Waals surface area contributed by atoms with E-state index in [0.717, 1.165) is 23.8 Å². The zero-order valence-electron chi connectivity index (χ0n) is 15.2. The summed E-state index contributed by atoms with van der Waals surface area (Å²) >= 11 is 1.45. The van der Waals surface area contributed by atoms with Crippen molar-refractivity contribution in [3.05, 3.63) is 64.9 Å². The monoisotopic (exact) mass is 396 g/mol. The molecule has 144 valence electrons. The number of carbonyl (C=O) groups excluding carboxylic acids is 1. The van der Waals surface area contributed by atoms with Gasteiger partial charge < -0.3 is 9.64 Å². The highest BCUT2D eigenvalue weighted by atomic mass is 32.1. The third-order valence-electron chi connectivity index (χ3n) is 4.23. The lowest BCUT2D eigenvalue weighted by atomic mass is 10.2. The Morgan fingerprint density at radius 1 is 1.29 bits per heavy atom. The van der Waals surface area contributed by atoms with E-state index in [1.807, 2.05) is 29.1 Å². The average molecular weight is 396 g/mol. The van der Waals surface area contributed by atoms with Gasteiger partial charge in [-0.15, -0.1) is 11.3 Å². The number of thiazole rings is 1. The van der Waals surface area contributed by atoms with Gasteiger partial charge in [-0.05, 0) is 5.56 Å². The SMILES string of the molecule is O=C(N/N=C\c1cnn(Cc2ccccc2)c1)c1csc(N2CCOCC2)n1. The second kappa shape index (κ2) is 8.77. The zero-order valence-corrected chi connectivity index (χ0v) is 16.0. The number of amides is 1. The van der Waals surface area contributed by atoms with Crippen molar-refractivity contribution >= 4 is 28.6 Å². The van der Waals surface area contributed by atoms with Gasteiger partial charge in [-0.1, -0.05) is 30.3 Å². The summed E-state index contributed by atoms with van der Waals surface area (Å²) in [5.41, 5.74) is 4.86. The summed E-state index contributed by atoms with van der Waals surface area (Å²) < 4.78 is 7.16. The van der Waals surface area contributed by atoms with Gasteiger partial charge in [-0.3, -0.25) is 9.48 Å². The molecular weight excluding hydrogens is 376 g/mol. The Hall–Kier alpha value is -3.04. The number of carbonyl (C=O) groups is 1. The van der Waals surface area contributed by atoms with Crippen molar-refractivity contribution in [1.82, 2.24) is 20.2 Å². The fraction of sp³-hybridized carbons (Fsp3) is 0.263. The molecule has 1 saturated heterocycles. The first kappa shape index (κ1) is 18.3. The van der Waals surface area contributed by atoms with Gasteiger partial charge >= 0.3 is 0 Å². The normalized spacial score (nSPS) is 14.5. The summed E-state index contributed by atoms with van der Waals surface area (Å²) in [4.78, 5) is 18.7. The van der Waals surface area contributed by atoms with Crippen LogP contribution >= 0.6 is 11.3 Å². The van der Waals surface area contributed by atoms with Crippen molar-refractivity contribution in [1.29, 1.82) is 0 Å². The van der Waals surface area contributed by atoms with E-state index in [0.29, 0.717) is 25.5 Å². The van der Waals surface area contributed by atoms with Gasteiger partial charge in [0.05, 0.1) is 32.2 Å². The Balaban J connectivity index is 1.31. The lowest BCUT2D eigenvalue weighted by molar-refractivity contribution is 0.0951. The van der Waals surface area contributed by atoms with E-state index in [4.69, 9.17) is 4.74 Å². The van der Waals surface area contributed by atoms with Crippen molar-refractivity contribution in [2.45, 2.75) is 6.54 Å². The smallest absolute Gasteiger partial charge is 0.290 e. The van der Waals surface area contributed by atoms with Crippen molar-refractivity contribution < 1.29 is 9.53 Å². The number of nitrogens with zero attached hydrogens (tertiary/aromatic N) is 5. The number of hydrazone groups is 1. The van der Waals surface area contributed by atoms with E-state index in [2.05, 4.69) is 37.6 Å². The van der Waals surface area contributed by atoms with E-state index < -0.39 is 0 Å². The third kappa shape index (κ3) is 4.62. The second-order valence-electron chi connectivity index (χ2n) is 6.27. The van der Waals surface area contributed by atoms with Crippen LogP contribution in [0.2, 0.25) is 0 Å². The van der Waals surface area contributed by atoms with Gasteiger partial charge in [0.2, 0.25) is 0 Å². The topological polar surface area (TPSA) is 84.6 Å². The molecule has 2 aromatic heterocycles. The average Bonchev–Trinajstić information content (AvgIpc) is 3.39. The van der Waals surface area contributed by atoms with Crippen LogP contribution in [0.4, 0.5) is 5.13 Å². The lowest BCUT2D eigenvalue weighted by Gasteiger charge is -2.25. The van der Waals surface area contributed by atoms with Crippen LogP contribution < -0.4 is 10.3 Å². The number of aromatic nitrogens is 3. The molecular formula is C19H20N6O2S. The highest BCUT2D eigenvalue weighted by molar-refractivity contribution is 7.13. The summed E-state index contributed by atoms with van der Waals surface area (Å²) in [5, 5.41) is 10.9. The Labute approximate surface area is 166 Å². The highest BCUT2D eigenvalue weighted by Crippen LogP contribution is 2.21. The first-order chi connectivity index (χ1) is 13.8. The Bertz CT molecular complexity index is 946. The molecule has 0 spiro atoms. The third-order valence-corrected chi connectivity index (χ3v) is 5.13. The number of rotatable bonds is 6. The minimum atomic E-state index is -0.330. The summed E-state index contributed by atoms with van der Waals surface area (Å²) in [7, 11) is 0. The van der Waals surface area contributed by atoms with Crippen molar-refractivity contribution in [2.75, 3.05) is 31.2 Å². The molecule has 28 heavy (non-hydrogen) atoms. The molecule has 0 saturated carbocycles. The number of benzene rings is 1. The number of hydrogen-bond acceptors (Lipinski definition) is 7. The minimum Gasteiger partial charge on any atom is -0.378 e. The van der Waals surface area contributed by atoms with E-state index in [-0.39, 0.29) is 5.91 Å². The van der Waals surface area contributed by atoms with Crippen LogP contribution in [0.3, 0.4) is 0 Å². The maximum absolute atomic E-state index is 12.2. The first-order valence-corrected chi connectivity index (χ1v) is 9.84. The van der Waals surface area contributed by atoms with Crippen molar-refractivity contribution in [3.63, 3.8) is 0 Å². The Kier molecular flexibility index (Phi) is 5.74. The number of ether oxygens (including phenoxy) is 1. The Morgan fingerprint density at radius 3 is 2.93 bits per heavy atom. The fourth-order valence-corrected chi connectivity index (χ4v) is 3.65. The van der Waals surface area contributed by atoms with Gasteiger partial charge in [0.1, 0.15) is 5.69 Å². The molecule has 0 atom stereocenters. The van der Waals surface area contributed by atoms with E-state index >= 15 is 0 Å². The van der Waals surface area contributed by atoms with Gasteiger partial charge in [0, 0.05) is 30.2 Å². The Morgan fingerprint density at radius 2 is 2.11 bits per heavy atom. The zero-order chi connectivity index (χ0) is 19.2. The van der Waals surface area contributed by atoms with Crippen LogP contribution in [0.1, 0.15) is 21.6 Å². The van der Waals surface area contributed by atoms with Crippen LogP contribution in [-0.2, 0) is 11.3 Å². The van der Waals surface area contributed by atoms with Gasteiger partial charge in [-0.2, -0.15) is 10.2 Å². The van der Waals surface area contributed by atoms with Crippen LogP contribution in [0, 0.1) is 0 Å². The summed E-state index contributed by atoms with van der Waals surface area (Å²) in [6.45, 7) is 3.64. The molecule has 1 amide bonds. The quantitative estimate of drug-likeness (QED) is 0.509. The standard InChI is InChI=1S/C19H20N6O2S/c26-18(17-14-28-19(22-17)24-6-8-27-9-7-24)23-20-10-16-11-21-25(13-16)12-15-4-2-1-3-5-15/h1-5,10-11,13-14H,6-9,12H2,(H,23,26)/b20-10-. The molecule has 3 aromatic rings. The number of hydrogen-bond donors (Lipinski definition) is 1. The molecule has 0 unspecified atom stereocenters. The lowest BCUT2D eigenvalue weighted by Crippen LogP contribution is -2.36. The minimum absolute atomic E-state index is 0.330. The summed E-state index contributed by atoms with van der Waals surface area (Å²) in [6, 6.07) is 10.1. The molecule has 9 heteroatoms. The predicted octanol–water partition coefficient (Wildman–Crippen LogP) is 1.99. The molecule has 1 aliphatic rings. The molecule has 8 nitrogen and oxygen atoms in total. The number of anilines is 1. The largest absolute Gasteiger partial charge is 0.378 e. The van der Waals surface area contributed by atoms with Crippen LogP contribution in [0.5, 0.6) is 0 Å².